The van der Waals surface area contributed by atoms with Crippen LogP contribution in [-0.2, 0) is 27.2 Å². The van der Waals surface area contributed by atoms with Gasteiger partial charge in [-0.15, -0.1) is 5.10 Å². The minimum atomic E-state index is -0.355. The molecular weight excluding hydrogens is 382 g/mol. The molecule has 3 aromatic rings. The van der Waals surface area contributed by atoms with Crippen LogP contribution in [0.15, 0.2) is 54.6 Å². The molecule has 1 heterocycles. The second kappa shape index (κ2) is 10.8. The van der Waals surface area contributed by atoms with Gasteiger partial charge in [-0.25, -0.2) is 5.10 Å². The van der Waals surface area contributed by atoms with Crippen LogP contribution in [-0.4, -0.2) is 45.1 Å². The Morgan fingerprint density at radius 1 is 1.07 bits per heavy atom. The highest BCUT2D eigenvalue weighted by Crippen LogP contribution is 2.20. The lowest BCUT2D eigenvalue weighted by Crippen LogP contribution is -2.38. The largest absolute Gasteiger partial charge is 0.466 e. The molecule has 3 rings (SSSR count). The topological polar surface area (TPSA) is 110 Å². The molecule has 0 fully saturated rings. The van der Waals surface area contributed by atoms with Crippen LogP contribution in [0.5, 0.6) is 0 Å². The number of carbonyl (C=O) groups is 2. The van der Waals surface area contributed by atoms with Gasteiger partial charge < -0.3 is 10.1 Å². The van der Waals surface area contributed by atoms with Gasteiger partial charge in [-0.1, -0.05) is 54.6 Å². The molecule has 2 N–H and O–H groups in total. The van der Waals surface area contributed by atoms with Gasteiger partial charge in [-0.2, -0.15) is 0 Å². The van der Waals surface area contributed by atoms with E-state index in [2.05, 4.69) is 38.1 Å². The molecule has 0 radical (unpaired) electrons. The van der Waals surface area contributed by atoms with Gasteiger partial charge in [-0.05, 0) is 40.5 Å². The molecular formula is C22H25N5O3. The molecule has 8 nitrogen and oxygen atoms in total. The molecule has 0 saturated carbocycles. The van der Waals surface area contributed by atoms with E-state index in [4.69, 9.17) is 4.74 Å². The number of ether oxygens (including phenoxy) is 1. The van der Waals surface area contributed by atoms with Crippen molar-refractivity contribution < 1.29 is 14.3 Å². The summed E-state index contributed by atoms with van der Waals surface area (Å²) in [6.07, 6.45) is 1.27. The van der Waals surface area contributed by atoms with Crippen LogP contribution < -0.4 is 5.32 Å². The van der Waals surface area contributed by atoms with E-state index in [0.717, 1.165) is 16.7 Å². The molecule has 156 valence electrons. The zero-order chi connectivity index (χ0) is 21.2. The number of tetrazole rings is 1. The van der Waals surface area contributed by atoms with Gasteiger partial charge in [0.2, 0.25) is 5.91 Å². The summed E-state index contributed by atoms with van der Waals surface area (Å²) in [5, 5.41) is 16.3. The second-order valence-electron chi connectivity index (χ2n) is 6.89. The van der Waals surface area contributed by atoms with Crippen LogP contribution in [0, 0.1) is 0 Å². The number of esters is 1. The molecule has 0 spiro atoms. The van der Waals surface area contributed by atoms with Gasteiger partial charge in [0.1, 0.15) is 5.82 Å². The van der Waals surface area contributed by atoms with Crippen molar-refractivity contribution >= 4 is 11.9 Å². The number of aromatic amines is 1. The van der Waals surface area contributed by atoms with Crippen molar-refractivity contribution in [1.82, 2.24) is 25.9 Å². The molecule has 1 unspecified atom stereocenters. The highest BCUT2D eigenvalue weighted by molar-refractivity contribution is 5.78. The molecule has 1 atom stereocenters. The molecule has 0 aliphatic rings. The molecule has 30 heavy (non-hydrogen) atoms. The Morgan fingerprint density at radius 2 is 1.80 bits per heavy atom. The third-order valence-corrected chi connectivity index (χ3v) is 4.60. The Morgan fingerprint density at radius 3 is 2.47 bits per heavy atom. The standard InChI is InChI=1S/C22H25N5O3/c1-2-30-22(29)15-19(23-21(28)13-12-20-24-26-27-25-20)14-16-8-10-18(11-9-16)17-6-4-3-5-7-17/h3-11,19H,2,12-15H2,1H3,(H,23,28)(H,24,25,26,27). The van der Waals surface area contributed by atoms with Crippen LogP contribution in [0.2, 0.25) is 0 Å². The average Bonchev–Trinajstić information content (AvgIpc) is 3.27. The van der Waals surface area contributed by atoms with E-state index in [1.54, 1.807) is 6.92 Å². The summed E-state index contributed by atoms with van der Waals surface area (Å²) in [6, 6.07) is 17.9. The van der Waals surface area contributed by atoms with Crippen LogP contribution in [0.1, 0.15) is 31.2 Å². The fourth-order valence-corrected chi connectivity index (χ4v) is 3.16. The van der Waals surface area contributed by atoms with E-state index < -0.39 is 0 Å². The predicted molar refractivity (Wildman–Crippen MR) is 111 cm³/mol. The number of hydrogen-bond acceptors (Lipinski definition) is 6. The van der Waals surface area contributed by atoms with Crippen LogP contribution in [0.25, 0.3) is 11.1 Å². The number of aromatic nitrogens is 4. The summed E-state index contributed by atoms with van der Waals surface area (Å²) in [4.78, 5) is 24.4. The molecule has 0 saturated heterocycles. The number of rotatable bonds is 10. The summed E-state index contributed by atoms with van der Waals surface area (Å²) in [5.74, 6) is 0.0494. The van der Waals surface area contributed by atoms with Gasteiger partial charge in [0, 0.05) is 18.9 Å². The van der Waals surface area contributed by atoms with E-state index >= 15 is 0 Å². The highest BCUT2D eigenvalue weighted by atomic mass is 16.5. The number of carbonyl (C=O) groups excluding carboxylic acids is 2. The minimum Gasteiger partial charge on any atom is -0.466 e. The van der Waals surface area contributed by atoms with Gasteiger partial charge in [0.15, 0.2) is 0 Å². The van der Waals surface area contributed by atoms with E-state index in [-0.39, 0.29) is 30.8 Å². The van der Waals surface area contributed by atoms with Crippen molar-refractivity contribution in [3.8, 4) is 11.1 Å². The van der Waals surface area contributed by atoms with Gasteiger partial charge in [-0.3, -0.25) is 9.59 Å². The second-order valence-corrected chi connectivity index (χ2v) is 6.89. The first-order valence-electron chi connectivity index (χ1n) is 9.96. The number of nitrogens with one attached hydrogen (secondary N) is 2. The lowest BCUT2D eigenvalue weighted by Gasteiger charge is -2.18. The van der Waals surface area contributed by atoms with Crippen molar-refractivity contribution in [1.29, 1.82) is 0 Å². The molecule has 2 aromatic carbocycles. The lowest BCUT2D eigenvalue weighted by atomic mass is 9.99. The molecule has 1 aromatic heterocycles. The fourth-order valence-electron chi connectivity index (χ4n) is 3.16. The van der Waals surface area contributed by atoms with E-state index in [0.29, 0.717) is 25.3 Å². The number of hydrogen-bond donors (Lipinski definition) is 2. The summed E-state index contributed by atoms with van der Waals surface area (Å²) in [6.45, 7) is 2.07. The number of H-pyrrole nitrogens is 1. The summed E-state index contributed by atoms with van der Waals surface area (Å²) >= 11 is 0. The first kappa shape index (κ1) is 21.2. The van der Waals surface area contributed by atoms with Crippen LogP contribution >= 0.6 is 0 Å². The molecule has 0 aliphatic carbocycles. The number of aryl methyl sites for hydroxylation is 1. The quantitative estimate of drug-likeness (QED) is 0.500. The first-order valence-corrected chi connectivity index (χ1v) is 9.96. The van der Waals surface area contributed by atoms with Crippen LogP contribution in [0.3, 0.4) is 0 Å². The monoisotopic (exact) mass is 407 g/mol. The summed E-state index contributed by atoms with van der Waals surface area (Å²) in [7, 11) is 0. The van der Waals surface area contributed by atoms with Crippen LogP contribution in [0.4, 0.5) is 0 Å². The molecule has 8 heteroatoms. The Hall–Kier alpha value is -3.55. The number of nitrogens with zero attached hydrogens (tertiary/aromatic N) is 3. The van der Waals surface area contributed by atoms with Crippen molar-refractivity contribution in [2.24, 2.45) is 0 Å². The van der Waals surface area contributed by atoms with Crippen molar-refractivity contribution in [3.05, 3.63) is 66.0 Å². The third kappa shape index (κ3) is 6.51. The van der Waals surface area contributed by atoms with Gasteiger partial charge in [0.25, 0.3) is 0 Å². The van der Waals surface area contributed by atoms with Crippen molar-refractivity contribution in [3.63, 3.8) is 0 Å². The number of amides is 1. The molecule has 1 amide bonds. The Kier molecular flexibility index (Phi) is 7.65. The van der Waals surface area contributed by atoms with E-state index in [9.17, 15) is 9.59 Å². The Balaban J connectivity index is 1.62. The van der Waals surface area contributed by atoms with Gasteiger partial charge >= 0.3 is 5.97 Å². The fraction of sp³-hybridized carbons (Fsp3) is 0.318. The smallest absolute Gasteiger partial charge is 0.307 e. The summed E-state index contributed by atoms with van der Waals surface area (Å²) < 4.78 is 5.07. The maximum atomic E-state index is 12.4. The average molecular weight is 407 g/mol. The van der Waals surface area contributed by atoms with E-state index in [1.165, 1.54) is 0 Å². The zero-order valence-corrected chi connectivity index (χ0v) is 16.9. The maximum absolute atomic E-state index is 12.4. The van der Waals surface area contributed by atoms with Gasteiger partial charge in [0.05, 0.1) is 13.0 Å². The Bertz CT molecular complexity index is 927. The summed E-state index contributed by atoms with van der Waals surface area (Å²) in [5.41, 5.74) is 3.29. The van der Waals surface area contributed by atoms with E-state index in [1.807, 2.05) is 42.5 Å². The zero-order valence-electron chi connectivity index (χ0n) is 16.9. The Labute approximate surface area is 175 Å². The van der Waals surface area contributed by atoms with Crippen molar-refractivity contribution in [2.75, 3.05) is 6.61 Å². The first-order chi connectivity index (χ1) is 14.6. The molecule has 0 aliphatic heterocycles. The van der Waals surface area contributed by atoms with Crippen molar-refractivity contribution in [2.45, 2.75) is 38.6 Å². The lowest BCUT2D eigenvalue weighted by molar-refractivity contribution is -0.143. The predicted octanol–water partition coefficient (Wildman–Crippen LogP) is 2.48. The number of benzene rings is 2. The highest BCUT2D eigenvalue weighted by Gasteiger charge is 2.18. The minimum absolute atomic E-state index is 0.115. The third-order valence-electron chi connectivity index (χ3n) is 4.60. The normalized spacial score (nSPS) is 11.6. The SMILES string of the molecule is CCOC(=O)CC(Cc1ccc(-c2ccccc2)cc1)NC(=O)CCc1nnn[nH]1. The molecule has 0 bridgehead atoms. The maximum Gasteiger partial charge on any atom is 0.307 e.